The van der Waals surface area contributed by atoms with Crippen molar-refractivity contribution in [1.82, 2.24) is 29.8 Å². The Bertz CT molecular complexity index is 2110. The summed E-state index contributed by atoms with van der Waals surface area (Å²) in [5.41, 5.74) is 6.26. The van der Waals surface area contributed by atoms with Gasteiger partial charge in [-0.05, 0) is 74.4 Å². The topological polar surface area (TPSA) is 115 Å². The van der Waals surface area contributed by atoms with E-state index in [1.807, 2.05) is 50.4 Å². The Hall–Kier alpha value is -5.07. The predicted octanol–water partition coefficient (Wildman–Crippen LogP) is 8.85. The van der Waals surface area contributed by atoms with Gasteiger partial charge in [-0.2, -0.15) is 0 Å². The molecule has 2 aromatic carbocycles. The van der Waals surface area contributed by atoms with E-state index in [1.54, 1.807) is 31.6 Å². The third-order valence-electron chi connectivity index (χ3n) is 9.53. The molecular weight excluding hydrogens is 688 g/mol. The maximum absolute atomic E-state index is 13.8. The summed E-state index contributed by atoms with van der Waals surface area (Å²) in [6.45, 7) is 7.07. The number of aromatic nitrogens is 5. The van der Waals surface area contributed by atoms with Crippen molar-refractivity contribution in [3.8, 4) is 28.3 Å². The average Bonchev–Trinajstić information content (AvgIpc) is 3.15. The van der Waals surface area contributed by atoms with Gasteiger partial charge in [0.05, 0.1) is 42.6 Å². The minimum atomic E-state index is -2.87. The van der Waals surface area contributed by atoms with Gasteiger partial charge in [-0.3, -0.25) is 14.8 Å². The lowest BCUT2D eigenvalue weighted by Gasteiger charge is -2.30. The van der Waals surface area contributed by atoms with E-state index >= 15 is 0 Å². The lowest BCUT2D eigenvalue weighted by atomic mass is 9.82. The number of ether oxygens (including phenoxy) is 2. The lowest BCUT2D eigenvalue weighted by molar-refractivity contribution is -0.146. The van der Waals surface area contributed by atoms with Gasteiger partial charge in [-0.1, -0.05) is 54.6 Å². The van der Waals surface area contributed by atoms with Crippen LogP contribution in [-0.4, -0.2) is 63.6 Å². The van der Waals surface area contributed by atoms with Crippen molar-refractivity contribution in [1.29, 1.82) is 0 Å². The number of carbonyl (C=O) groups is 1. The Morgan fingerprint density at radius 2 is 1.77 bits per heavy atom. The highest BCUT2D eigenvalue weighted by atomic mass is 35.5. The second kappa shape index (κ2) is 16.1. The number of halogens is 3. The Morgan fingerprint density at radius 1 is 1.04 bits per heavy atom. The van der Waals surface area contributed by atoms with Gasteiger partial charge in [-0.25, -0.2) is 23.7 Å². The number of carbonyl (C=O) groups excluding carboxylic acids is 1. The first kappa shape index (κ1) is 36.7. The predicted molar refractivity (Wildman–Crippen MR) is 199 cm³/mol. The zero-order valence-corrected chi connectivity index (χ0v) is 30.3. The molecule has 10 nitrogen and oxygen atoms in total. The molecule has 0 saturated heterocycles. The quantitative estimate of drug-likeness (QED) is 0.125. The van der Waals surface area contributed by atoms with Gasteiger partial charge in [0.2, 0.25) is 5.88 Å². The van der Waals surface area contributed by atoms with Crippen molar-refractivity contribution < 1.29 is 23.0 Å². The smallest absolute Gasteiger partial charge is 0.308 e. The summed E-state index contributed by atoms with van der Waals surface area (Å²) in [6.07, 6.45) is 5.65. The zero-order chi connectivity index (χ0) is 36.9. The van der Waals surface area contributed by atoms with Crippen LogP contribution in [0.2, 0.25) is 5.02 Å². The van der Waals surface area contributed by atoms with Crippen molar-refractivity contribution in [3.63, 3.8) is 0 Å². The van der Waals surface area contributed by atoms with Gasteiger partial charge in [0.25, 0.3) is 6.43 Å². The fourth-order valence-corrected chi connectivity index (χ4v) is 7.11. The van der Waals surface area contributed by atoms with Crippen LogP contribution in [0.15, 0.2) is 61.4 Å². The van der Waals surface area contributed by atoms with E-state index in [1.165, 1.54) is 7.11 Å². The third-order valence-corrected chi connectivity index (χ3v) is 9.94. The van der Waals surface area contributed by atoms with Gasteiger partial charge >= 0.3 is 5.97 Å². The summed E-state index contributed by atoms with van der Waals surface area (Å²) in [5.74, 6) is 0.347. The molecule has 52 heavy (non-hydrogen) atoms. The molecule has 1 N–H and O–H groups in total. The van der Waals surface area contributed by atoms with E-state index in [0.29, 0.717) is 57.1 Å². The van der Waals surface area contributed by atoms with Crippen LogP contribution in [-0.2, 0) is 16.1 Å². The highest BCUT2D eigenvalue weighted by Gasteiger charge is 2.28. The third kappa shape index (κ3) is 7.88. The number of rotatable bonds is 12. The van der Waals surface area contributed by atoms with E-state index in [4.69, 9.17) is 31.0 Å². The molecule has 5 aromatic rings. The number of alkyl halides is 2. The summed E-state index contributed by atoms with van der Waals surface area (Å²) >= 11 is 7.10. The number of fused-ring (bicyclic) bond motifs is 1. The molecule has 3 aromatic heterocycles. The monoisotopic (exact) mass is 727 g/mol. The number of hydrogen-bond donors (Lipinski definition) is 1. The number of nitrogens with one attached hydrogen (secondary N) is 1. The first-order valence-electron chi connectivity index (χ1n) is 17.0. The maximum Gasteiger partial charge on any atom is 0.308 e. The highest BCUT2D eigenvalue weighted by molar-refractivity contribution is 6.36. The molecule has 6 rings (SSSR count). The van der Waals surface area contributed by atoms with Crippen molar-refractivity contribution in [2.24, 2.45) is 11.8 Å². The first-order chi connectivity index (χ1) is 25.1. The second-order valence-electron chi connectivity index (χ2n) is 13.0. The lowest BCUT2D eigenvalue weighted by Crippen LogP contribution is -2.30. The number of anilines is 2. The van der Waals surface area contributed by atoms with Crippen LogP contribution in [0.4, 0.5) is 20.3 Å². The Labute approximate surface area is 306 Å². The zero-order valence-electron chi connectivity index (χ0n) is 29.5. The molecule has 0 aliphatic heterocycles. The standard InChI is InChI=1S/C39H40ClF2N7O3/c1-6-23-17-30-34(44-18-23)36(48-37(46-30)35(41)42)45-29-12-8-9-26(22(29)2)27-10-7-11-28(33(27)40)31-19-43-32(38(47-31)51-4)21-49(3)20-24-13-15-25(16-14-24)39(50)52-5/h6-12,17-19,24-25,35H,1,13-16,20-21H2,2-5H3,(H,45,46,48). The molecule has 1 saturated carbocycles. The van der Waals surface area contributed by atoms with Gasteiger partial charge in [0.15, 0.2) is 11.6 Å². The van der Waals surface area contributed by atoms with Crippen LogP contribution >= 0.6 is 11.6 Å². The minimum Gasteiger partial charge on any atom is -0.480 e. The van der Waals surface area contributed by atoms with Crippen molar-refractivity contribution in [3.05, 3.63) is 89.1 Å². The SMILES string of the molecule is C=Cc1cnc2c(Nc3cccc(-c4cccc(-c5cnc(CN(C)CC6CCC(C(=O)OC)CC6)c(OC)n5)c4Cl)c3C)nc(C(F)F)nc2c1. The fourth-order valence-electron chi connectivity index (χ4n) is 6.78. The number of methoxy groups -OCH3 is 2. The molecular formula is C39H40ClF2N7O3. The summed E-state index contributed by atoms with van der Waals surface area (Å²) in [7, 11) is 5.07. The summed E-state index contributed by atoms with van der Waals surface area (Å²) in [6, 6.07) is 13.0. The van der Waals surface area contributed by atoms with E-state index in [0.717, 1.165) is 48.9 Å². The molecule has 3 heterocycles. The Morgan fingerprint density at radius 3 is 2.48 bits per heavy atom. The van der Waals surface area contributed by atoms with Crippen LogP contribution in [0.3, 0.4) is 0 Å². The normalized spacial score (nSPS) is 15.9. The molecule has 0 bridgehead atoms. The molecule has 270 valence electrons. The van der Waals surface area contributed by atoms with Crippen LogP contribution in [0.25, 0.3) is 39.5 Å². The number of hydrogen-bond acceptors (Lipinski definition) is 10. The fraction of sp³-hybridized carbons (Fsp3) is 0.333. The van der Waals surface area contributed by atoms with Gasteiger partial charge < -0.3 is 19.7 Å². The minimum absolute atomic E-state index is 0.00212. The second-order valence-corrected chi connectivity index (χ2v) is 13.4. The summed E-state index contributed by atoms with van der Waals surface area (Å²) in [4.78, 5) is 36.2. The summed E-state index contributed by atoms with van der Waals surface area (Å²) in [5, 5.41) is 3.69. The molecule has 0 spiro atoms. The largest absolute Gasteiger partial charge is 0.480 e. The van der Waals surface area contributed by atoms with Crippen molar-refractivity contribution in [2.45, 2.75) is 45.6 Å². The molecule has 1 fully saturated rings. The first-order valence-corrected chi connectivity index (χ1v) is 17.4. The highest BCUT2D eigenvalue weighted by Crippen LogP contribution is 2.40. The number of benzene rings is 2. The van der Waals surface area contributed by atoms with Crippen LogP contribution in [0, 0.1) is 18.8 Å². The molecule has 1 aliphatic rings. The van der Waals surface area contributed by atoms with E-state index in [-0.39, 0.29) is 23.2 Å². The Kier molecular flexibility index (Phi) is 11.4. The van der Waals surface area contributed by atoms with E-state index in [2.05, 4.69) is 31.7 Å². The molecule has 0 unspecified atom stereocenters. The maximum atomic E-state index is 13.8. The number of nitrogens with zero attached hydrogens (tertiary/aromatic N) is 6. The van der Waals surface area contributed by atoms with Gasteiger partial charge in [0.1, 0.15) is 11.2 Å². The molecule has 1 aliphatic carbocycles. The van der Waals surface area contributed by atoms with E-state index in [9.17, 15) is 13.6 Å². The molecule has 0 radical (unpaired) electrons. The van der Waals surface area contributed by atoms with Crippen LogP contribution < -0.4 is 10.1 Å². The Balaban J connectivity index is 1.23. The van der Waals surface area contributed by atoms with Gasteiger partial charge in [-0.15, -0.1) is 0 Å². The molecule has 0 amide bonds. The van der Waals surface area contributed by atoms with Crippen molar-refractivity contribution in [2.75, 3.05) is 33.1 Å². The average molecular weight is 728 g/mol. The number of pyridine rings is 1. The molecule has 13 heteroatoms. The number of esters is 1. The van der Waals surface area contributed by atoms with E-state index < -0.39 is 12.2 Å². The summed E-state index contributed by atoms with van der Waals surface area (Å²) < 4.78 is 38.2. The van der Waals surface area contributed by atoms with Crippen LogP contribution in [0.1, 0.15) is 54.8 Å². The molecule has 0 atom stereocenters. The van der Waals surface area contributed by atoms with Gasteiger partial charge in [0, 0.05) is 36.1 Å². The van der Waals surface area contributed by atoms with Crippen LogP contribution in [0.5, 0.6) is 5.88 Å². The van der Waals surface area contributed by atoms with Crippen molar-refractivity contribution >= 4 is 46.2 Å².